The van der Waals surface area contributed by atoms with Crippen LogP contribution in [0.4, 0.5) is 0 Å². The molecule has 1 unspecified atom stereocenters. The maximum Gasteiger partial charge on any atom is 3.00 e. The smallest absolute Gasteiger partial charge is 0.659 e. The maximum absolute atomic E-state index is 5.26. The number of allylic oxidation sites excluding steroid dienone is 1. The molecule has 1 aliphatic carbocycles. The van der Waals surface area contributed by atoms with Crippen molar-refractivity contribution in [2.45, 2.75) is 57.8 Å². The van der Waals surface area contributed by atoms with Crippen LogP contribution in [0.1, 0.15) is 50.3 Å². The molecule has 1 atom stereocenters. The van der Waals surface area contributed by atoms with Crippen LogP contribution in [0, 0.1) is 14.9 Å². The fraction of sp³-hybridized carbons (Fsp3) is 0.524. The van der Waals surface area contributed by atoms with Crippen LogP contribution in [0.3, 0.4) is 0 Å². The van der Waals surface area contributed by atoms with Crippen LogP contribution in [0.25, 0.3) is 10.7 Å². The molecule has 0 amide bonds. The van der Waals surface area contributed by atoms with Gasteiger partial charge in [0.2, 0.25) is 0 Å². The molecule has 1 aliphatic heterocycles. The molecule has 0 bridgehead atoms. The van der Waals surface area contributed by atoms with Crippen LogP contribution >= 0.6 is 0 Å². The van der Waals surface area contributed by atoms with E-state index in [1.54, 1.807) is 0 Å². The van der Waals surface area contributed by atoms with Gasteiger partial charge in [-0.1, -0.05) is 64.2 Å². The van der Waals surface area contributed by atoms with E-state index in [0.29, 0.717) is 5.54 Å². The molecule has 0 N–H and O–H groups in total. The molecule has 1 saturated heterocycles. The number of likely N-dealkylation sites (tertiary alicyclic amines) is 1. The van der Waals surface area contributed by atoms with E-state index < -0.39 is 8.24 Å². The Kier molecular flexibility index (Phi) is 8.91. The topological polar surface area (TPSA) is 17.3 Å². The molecule has 0 aromatic heterocycles. The number of rotatable bonds is 3. The normalized spacial score (nSPS) is 19.3. The predicted octanol–water partition coefficient (Wildman–Crippen LogP) is 6.04. The van der Waals surface area contributed by atoms with Gasteiger partial charge < -0.3 is 24.7 Å². The van der Waals surface area contributed by atoms with Gasteiger partial charge in [0.15, 0.2) is 0 Å². The van der Waals surface area contributed by atoms with E-state index in [0.717, 1.165) is 0 Å². The van der Waals surface area contributed by atoms with Gasteiger partial charge in [-0.25, -0.2) is 0 Å². The quantitative estimate of drug-likeness (QED) is 0.454. The van der Waals surface area contributed by atoms with Gasteiger partial charge in [0, 0.05) is 24.4 Å². The Bertz CT molecular complexity index is 584. The average molecular weight is 391 g/mol. The zero-order valence-corrected chi connectivity index (χ0v) is 19.7. The second-order valence-electron chi connectivity index (χ2n) is 8.25. The summed E-state index contributed by atoms with van der Waals surface area (Å²) in [5.74, 6) is 0. The van der Waals surface area contributed by atoms with Crippen LogP contribution in [-0.4, -0.2) is 31.8 Å². The standard InChI is InChI=1S/C19H29N2Si.2CH3.Ti/c1-19(2,3)20-22(4,5)18-14-17(21-12-8-9-13-21)15-10-6-7-11-16(15)18;;;/h6-7,10-11,14,18H,8-9,12-13H2,1-5H3;2*1H3;/q3*-1;+3. The van der Waals surface area contributed by atoms with Crippen LogP contribution in [0.15, 0.2) is 30.3 Å². The van der Waals surface area contributed by atoms with Crippen molar-refractivity contribution in [3.63, 3.8) is 0 Å². The van der Waals surface area contributed by atoms with Crippen molar-refractivity contribution in [3.05, 3.63) is 61.3 Å². The van der Waals surface area contributed by atoms with Crippen LogP contribution in [-0.2, 0) is 21.7 Å². The van der Waals surface area contributed by atoms with E-state index in [2.05, 4.69) is 69.1 Å². The first kappa shape index (κ1) is 24.7. The van der Waals surface area contributed by atoms with Gasteiger partial charge in [-0.3, -0.25) is 0 Å². The Balaban J connectivity index is 0.00000192. The summed E-state index contributed by atoms with van der Waals surface area (Å²) in [7, 11) is -1.73. The van der Waals surface area contributed by atoms with Crippen molar-refractivity contribution >= 4 is 13.9 Å². The molecule has 1 aromatic rings. The molecule has 1 fully saturated rings. The molecule has 4 heteroatoms. The summed E-state index contributed by atoms with van der Waals surface area (Å²) in [4.78, 5) is 7.84. The summed E-state index contributed by atoms with van der Waals surface area (Å²) in [6, 6.07) is 9.00. The second-order valence-corrected chi connectivity index (χ2v) is 12.4. The zero-order valence-electron chi connectivity index (χ0n) is 17.2. The Morgan fingerprint density at radius 3 is 2.16 bits per heavy atom. The average Bonchev–Trinajstić information content (AvgIpc) is 3.02. The Hall–Kier alpha value is -0.349. The van der Waals surface area contributed by atoms with E-state index in [1.165, 1.54) is 42.8 Å². The molecule has 0 saturated carbocycles. The summed E-state index contributed by atoms with van der Waals surface area (Å²) in [6.45, 7) is 14.0. The summed E-state index contributed by atoms with van der Waals surface area (Å²) in [5.41, 5.74) is 5.00. The largest absolute Gasteiger partial charge is 3.00 e. The van der Waals surface area contributed by atoms with Crippen molar-refractivity contribution in [1.82, 2.24) is 4.90 Å². The molecule has 2 nitrogen and oxygen atoms in total. The van der Waals surface area contributed by atoms with Gasteiger partial charge in [0.25, 0.3) is 0 Å². The van der Waals surface area contributed by atoms with Gasteiger partial charge in [-0.2, -0.15) is 0 Å². The third-order valence-corrected chi connectivity index (χ3v) is 7.97. The van der Waals surface area contributed by atoms with Crippen LogP contribution in [0.2, 0.25) is 13.1 Å². The van der Waals surface area contributed by atoms with Gasteiger partial charge in [0.05, 0.1) is 0 Å². The van der Waals surface area contributed by atoms with Crippen molar-refractivity contribution < 1.29 is 21.7 Å². The molecule has 1 radical (unpaired) electrons. The fourth-order valence-electron chi connectivity index (χ4n) is 4.09. The van der Waals surface area contributed by atoms with Crippen molar-refractivity contribution in [2.24, 2.45) is 0 Å². The summed E-state index contributed by atoms with van der Waals surface area (Å²) in [5, 5.41) is 0. The molecule has 0 spiro atoms. The zero-order chi connectivity index (χ0) is 16.0. The Morgan fingerprint density at radius 1 is 1.04 bits per heavy atom. The SMILES string of the molecule is CC(C)(C)[N-][Si](C)(C)C1C=C(N2CCCC2)c2ccccc21.[CH3-].[CH3-].[Ti+3]. The third-order valence-electron chi connectivity index (χ3n) is 4.73. The van der Waals surface area contributed by atoms with E-state index in [1.807, 2.05) is 0 Å². The van der Waals surface area contributed by atoms with E-state index in [4.69, 9.17) is 4.98 Å². The minimum absolute atomic E-state index is 0. The number of nitrogens with zero attached hydrogens (tertiary/aromatic N) is 2. The first-order valence-corrected chi connectivity index (χ1v) is 11.6. The van der Waals surface area contributed by atoms with Gasteiger partial charge in [-0.05, 0) is 32.2 Å². The second kappa shape index (κ2) is 9.03. The number of hydrogen-bond acceptors (Lipinski definition) is 1. The molecule has 25 heavy (non-hydrogen) atoms. The number of benzene rings is 1. The van der Waals surface area contributed by atoms with E-state index in [-0.39, 0.29) is 42.1 Å². The monoisotopic (exact) mass is 391 g/mol. The van der Waals surface area contributed by atoms with E-state index >= 15 is 0 Å². The Labute approximate surface area is 172 Å². The number of hydrogen-bond donors (Lipinski definition) is 0. The van der Waals surface area contributed by atoms with Crippen LogP contribution < -0.4 is 0 Å². The van der Waals surface area contributed by atoms with Crippen molar-refractivity contribution in [2.75, 3.05) is 13.1 Å². The molecular formula is C21H35N2SiTi. The minimum atomic E-state index is -1.73. The molecule has 2 aliphatic rings. The van der Waals surface area contributed by atoms with Gasteiger partial charge >= 0.3 is 21.7 Å². The summed E-state index contributed by atoms with van der Waals surface area (Å²) < 4.78 is 0. The fourth-order valence-corrected chi connectivity index (χ4v) is 7.54. The molecule has 1 aromatic carbocycles. The van der Waals surface area contributed by atoms with Crippen molar-refractivity contribution in [3.8, 4) is 0 Å². The third kappa shape index (κ3) is 5.32. The number of fused-ring (bicyclic) bond motifs is 1. The molecule has 1 heterocycles. The maximum atomic E-state index is 5.26. The predicted molar refractivity (Wildman–Crippen MR) is 111 cm³/mol. The minimum Gasteiger partial charge on any atom is -0.659 e. The first-order chi connectivity index (χ1) is 10.3. The summed E-state index contributed by atoms with van der Waals surface area (Å²) in [6.07, 6.45) is 5.20. The Morgan fingerprint density at radius 2 is 1.60 bits per heavy atom. The summed E-state index contributed by atoms with van der Waals surface area (Å²) >= 11 is 0. The molecular weight excluding hydrogens is 356 g/mol. The van der Waals surface area contributed by atoms with Crippen LogP contribution in [0.5, 0.6) is 0 Å². The van der Waals surface area contributed by atoms with E-state index in [9.17, 15) is 0 Å². The van der Waals surface area contributed by atoms with Gasteiger partial charge in [0.1, 0.15) is 0 Å². The van der Waals surface area contributed by atoms with Crippen molar-refractivity contribution in [1.29, 1.82) is 0 Å². The first-order valence-electron chi connectivity index (χ1n) is 8.58. The molecule has 3 rings (SSSR count). The van der Waals surface area contributed by atoms with Gasteiger partial charge in [-0.15, -0.1) is 5.54 Å². The molecule has 137 valence electrons.